The number of rotatable bonds is 4. The van der Waals surface area contributed by atoms with Crippen LogP contribution in [0.25, 0.3) is 0 Å². The van der Waals surface area contributed by atoms with E-state index in [-0.39, 0.29) is 6.61 Å². The van der Waals surface area contributed by atoms with Gasteiger partial charge in [0, 0.05) is 3.57 Å². The Labute approximate surface area is 133 Å². The highest BCUT2D eigenvalue weighted by atomic mass is 127. The van der Waals surface area contributed by atoms with E-state index in [4.69, 9.17) is 24.3 Å². The smallest absolute Gasteiger partial charge is 0.182 e. The van der Waals surface area contributed by atoms with Crippen molar-refractivity contribution < 1.29 is 9.53 Å². The van der Waals surface area contributed by atoms with Crippen LogP contribution in [0.3, 0.4) is 0 Å². The van der Waals surface area contributed by atoms with Crippen molar-refractivity contribution in [2.75, 3.05) is 19.7 Å². The minimum Gasteiger partial charge on any atom is -0.363 e. The molecule has 0 saturated carbocycles. The highest BCUT2D eigenvalue weighted by Gasteiger charge is 2.36. The number of aldehydes is 1. The molecule has 1 aromatic carbocycles. The van der Waals surface area contributed by atoms with Gasteiger partial charge in [0.05, 0.1) is 10.6 Å². The maximum absolute atomic E-state index is 10.6. The van der Waals surface area contributed by atoms with Gasteiger partial charge in [-0.25, -0.2) is 0 Å². The maximum Gasteiger partial charge on any atom is 0.182 e. The molecule has 0 unspecified atom stereocenters. The summed E-state index contributed by atoms with van der Waals surface area (Å²) >= 11 is 8.38. The van der Waals surface area contributed by atoms with Crippen LogP contribution in [0.15, 0.2) is 18.2 Å². The second-order valence-corrected chi connectivity index (χ2v) is 6.21. The topological polar surface area (TPSA) is 29.5 Å². The Kier molecular flexibility index (Phi) is 5.28. The molecule has 2 rings (SSSR count). The van der Waals surface area contributed by atoms with Crippen LogP contribution in [0.4, 0.5) is 0 Å². The predicted molar refractivity (Wildman–Crippen MR) is 84.4 cm³/mol. The lowest BCUT2D eigenvalue weighted by Crippen LogP contribution is -2.43. The summed E-state index contributed by atoms with van der Waals surface area (Å²) in [5.41, 5.74) is 0.568. The molecule has 0 N–H and O–H groups in total. The highest BCUT2D eigenvalue weighted by Crippen LogP contribution is 2.38. The van der Waals surface area contributed by atoms with Gasteiger partial charge in [-0.05, 0) is 66.2 Å². The van der Waals surface area contributed by atoms with Crippen molar-refractivity contribution in [2.24, 2.45) is 0 Å². The first-order valence-corrected chi connectivity index (χ1v) is 7.56. The van der Waals surface area contributed by atoms with Gasteiger partial charge in [-0.1, -0.05) is 17.7 Å². The molecule has 3 nitrogen and oxygen atoms in total. The van der Waals surface area contributed by atoms with Crippen LogP contribution in [0, 0.1) is 3.57 Å². The van der Waals surface area contributed by atoms with Gasteiger partial charge in [0.2, 0.25) is 0 Å². The second-order valence-electron chi connectivity index (χ2n) is 4.64. The zero-order valence-corrected chi connectivity index (χ0v) is 13.4. The number of piperidine rings is 1. The third-order valence-corrected chi connectivity index (χ3v) is 5.05. The Balaban J connectivity index is 2.30. The van der Waals surface area contributed by atoms with E-state index in [0.717, 1.165) is 41.4 Å². The van der Waals surface area contributed by atoms with Gasteiger partial charge in [0.25, 0.3) is 0 Å². The fraction of sp³-hybridized carbons (Fsp3) is 0.462. The summed E-state index contributed by atoms with van der Waals surface area (Å²) in [6, 6.07) is 5.92. The molecule has 100 valence electrons. The molecule has 1 fully saturated rings. The van der Waals surface area contributed by atoms with Crippen molar-refractivity contribution in [3.8, 4) is 0 Å². The van der Waals surface area contributed by atoms with E-state index in [0.29, 0.717) is 5.02 Å². The van der Waals surface area contributed by atoms with Crippen molar-refractivity contribution in [3.63, 3.8) is 0 Å². The molecular weight excluding hydrogens is 375 g/mol. The molecule has 0 aliphatic carbocycles. The summed E-state index contributed by atoms with van der Waals surface area (Å²) in [5, 5.41) is 0.711. The number of benzene rings is 1. The number of halogens is 2. The van der Waals surface area contributed by atoms with Crippen LogP contribution in [-0.2, 0) is 15.1 Å². The third kappa shape index (κ3) is 3.51. The fourth-order valence-corrected chi connectivity index (χ4v) is 2.89. The van der Waals surface area contributed by atoms with Crippen LogP contribution in [0.1, 0.15) is 18.4 Å². The molecule has 1 aliphatic heterocycles. The first-order valence-electron chi connectivity index (χ1n) is 6.10. The molecule has 0 bridgehead atoms. The fourth-order valence-electron chi connectivity index (χ4n) is 2.37. The molecule has 1 heterocycles. The maximum atomic E-state index is 10.6. The van der Waals surface area contributed by atoms with E-state index in [1.807, 2.05) is 18.2 Å². The van der Waals surface area contributed by atoms with Gasteiger partial charge >= 0.3 is 0 Å². The molecular formula is C13H14BClINO2. The van der Waals surface area contributed by atoms with Gasteiger partial charge in [-0.15, -0.1) is 0 Å². The zero-order valence-electron chi connectivity index (χ0n) is 10.4. The third-order valence-electron chi connectivity index (χ3n) is 3.48. The average molecular weight is 389 g/mol. The van der Waals surface area contributed by atoms with E-state index >= 15 is 0 Å². The number of carbonyl (C=O) groups is 1. The number of ether oxygens (including phenoxy) is 1. The number of hydrogen-bond acceptors (Lipinski definition) is 3. The minimum absolute atomic E-state index is 0.0914. The van der Waals surface area contributed by atoms with E-state index in [2.05, 4.69) is 22.6 Å². The largest absolute Gasteiger partial charge is 0.363 e. The van der Waals surface area contributed by atoms with Crippen LogP contribution >= 0.6 is 34.2 Å². The van der Waals surface area contributed by atoms with Crippen molar-refractivity contribution in [2.45, 2.75) is 18.4 Å². The van der Waals surface area contributed by atoms with Crippen LogP contribution in [-0.4, -0.2) is 38.8 Å². The normalized spacial score (nSPS) is 19.3. The van der Waals surface area contributed by atoms with Gasteiger partial charge < -0.3 is 14.3 Å². The lowest BCUT2D eigenvalue weighted by molar-refractivity contribution is -0.124. The summed E-state index contributed by atoms with van der Waals surface area (Å²) in [6.07, 6.45) is 2.30. The molecule has 1 saturated heterocycles. The number of carbonyl (C=O) groups excluding carboxylic acids is 1. The standard InChI is InChI=1S/C13H14BClINO2/c14-17-5-3-13(4-6-17,19-8-7-18)10-1-2-12(16)11(15)9-10/h1-2,7,9H,3-6,8H2. The van der Waals surface area contributed by atoms with Gasteiger partial charge in [0.15, 0.2) is 7.98 Å². The molecule has 19 heavy (non-hydrogen) atoms. The lowest BCUT2D eigenvalue weighted by Gasteiger charge is -2.41. The number of nitrogens with zero attached hydrogens (tertiary/aromatic N) is 1. The first kappa shape index (κ1) is 15.3. The van der Waals surface area contributed by atoms with E-state index in [1.165, 1.54) is 0 Å². The SMILES string of the molecule is [B]N1CCC(OCC=O)(c2ccc(I)c(Cl)c2)CC1. The van der Waals surface area contributed by atoms with Crippen molar-refractivity contribution in [1.29, 1.82) is 0 Å². The molecule has 0 amide bonds. The Hall–Kier alpha value is -0.105. The Morgan fingerprint density at radius 1 is 1.47 bits per heavy atom. The molecule has 1 aliphatic rings. The molecule has 1 aromatic rings. The molecule has 6 heteroatoms. The second kappa shape index (κ2) is 6.56. The van der Waals surface area contributed by atoms with Gasteiger partial charge in [0.1, 0.15) is 12.9 Å². The summed E-state index contributed by atoms with van der Waals surface area (Å²) in [5.74, 6) is 0. The van der Waals surface area contributed by atoms with Crippen molar-refractivity contribution in [3.05, 3.63) is 32.4 Å². The zero-order chi connectivity index (χ0) is 13.9. The Morgan fingerprint density at radius 2 is 2.16 bits per heavy atom. The van der Waals surface area contributed by atoms with Crippen molar-refractivity contribution >= 4 is 48.5 Å². The van der Waals surface area contributed by atoms with Crippen LogP contribution in [0.2, 0.25) is 5.02 Å². The molecule has 0 atom stereocenters. The van der Waals surface area contributed by atoms with E-state index in [9.17, 15) is 4.79 Å². The Bertz CT molecular complexity index is 464. The molecule has 0 aromatic heterocycles. The lowest BCUT2D eigenvalue weighted by atomic mass is 9.83. The van der Waals surface area contributed by atoms with E-state index in [1.54, 1.807) is 4.81 Å². The summed E-state index contributed by atoms with van der Waals surface area (Å²) in [6.45, 7) is 1.57. The highest BCUT2D eigenvalue weighted by molar-refractivity contribution is 14.1. The summed E-state index contributed by atoms with van der Waals surface area (Å²) < 4.78 is 6.84. The average Bonchev–Trinajstić information content (AvgIpc) is 2.42. The van der Waals surface area contributed by atoms with Gasteiger partial charge in [-0.3, -0.25) is 0 Å². The van der Waals surface area contributed by atoms with Crippen molar-refractivity contribution in [1.82, 2.24) is 4.81 Å². The minimum atomic E-state index is -0.454. The number of hydrogen-bond donors (Lipinski definition) is 0. The van der Waals surface area contributed by atoms with E-state index < -0.39 is 5.60 Å². The van der Waals surface area contributed by atoms with Crippen LogP contribution < -0.4 is 0 Å². The molecule has 0 spiro atoms. The predicted octanol–water partition coefficient (Wildman–Crippen LogP) is 2.53. The summed E-state index contributed by atoms with van der Waals surface area (Å²) in [7, 11) is 5.80. The Morgan fingerprint density at radius 3 is 2.74 bits per heavy atom. The first-order chi connectivity index (χ1) is 9.07. The summed E-state index contributed by atoms with van der Waals surface area (Å²) in [4.78, 5) is 12.4. The quantitative estimate of drug-likeness (QED) is 0.450. The van der Waals surface area contributed by atoms with Crippen LogP contribution in [0.5, 0.6) is 0 Å². The van der Waals surface area contributed by atoms with Gasteiger partial charge in [-0.2, -0.15) is 0 Å². The monoisotopic (exact) mass is 389 g/mol. The molecule has 2 radical (unpaired) electrons.